The van der Waals surface area contributed by atoms with Crippen molar-refractivity contribution in [3.05, 3.63) is 28.5 Å². The summed E-state index contributed by atoms with van der Waals surface area (Å²) in [6, 6.07) is 3.71. The number of nitrogens with zero attached hydrogens (tertiary/aromatic N) is 1. The van der Waals surface area contributed by atoms with Gasteiger partial charge < -0.3 is 5.21 Å². The molecule has 0 atom stereocenters. The fourth-order valence-electron chi connectivity index (χ4n) is 1.11. The fourth-order valence-corrected chi connectivity index (χ4v) is 1.32. The van der Waals surface area contributed by atoms with E-state index in [1.165, 1.54) is 5.56 Å². The predicted molar refractivity (Wildman–Crippen MR) is 51.0 cm³/mol. The van der Waals surface area contributed by atoms with E-state index < -0.39 is 0 Å². The van der Waals surface area contributed by atoms with E-state index in [1.807, 2.05) is 12.1 Å². The number of pyridine rings is 1. The van der Waals surface area contributed by atoms with Crippen molar-refractivity contribution in [2.45, 2.75) is 20.3 Å². The Morgan fingerprint density at radius 3 is 2.75 bits per heavy atom. The number of rotatable bonds is 2. The van der Waals surface area contributed by atoms with E-state index in [9.17, 15) is 0 Å². The topological polar surface area (TPSA) is 25.2 Å². The standard InChI is InChI=1S/C9H13NOS/c1-7(2)5-8-3-4-10(11)9(12)6-8/h3-4,6-7,11H,5H2,1-2H3. The summed E-state index contributed by atoms with van der Waals surface area (Å²) in [5.74, 6) is 0.619. The van der Waals surface area contributed by atoms with Crippen LogP contribution < -0.4 is 0 Å². The van der Waals surface area contributed by atoms with Gasteiger partial charge in [0.2, 0.25) is 0 Å². The molecule has 1 N–H and O–H groups in total. The number of hydrogen-bond acceptors (Lipinski definition) is 2. The Hall–Kier alpha value is -0.830. The van der Waals surface area contributed by atoms with E-state index in [2.05, 4.69) is 13.8 Å². The van der Waals surface area contributed by atoms with E-state index in [1.54, 1.807) is 6.20 Å². The molecule has 0 amide bonds. The summed E-state index contributed by atoms with van der Waals surface area (Å²) in [7, 11) is 0. The van der Waals surface area contributed by atoms with Crippen LogP contribution in [0, 0.1) is 10.6 Å². The molecule has 0 spiro atoms. The Labute approximate surface area is 77.4 Å². The third kappa shape index (κ3) is 2.34. The molecule has 1 rings (SSSR count). The van der Waals surface area contributed by atoms with Gasteiger partial charge in [-0.15, -0.1) is 0 Å². The van der Waals surface area contributed by atoms with Gasteiger partial charge in [0.25, 0.3) is 0 Å². The lowest BCUT2D eigenvalue weighted by Gasteiger charge is -2.05. The minimum atomic E-state index is 0.466. The van der Waals surface area contributed by atoms with Crippen LogP contribution in [-0.4, -0.2) is 9.94 Å². The first-order chi connectivity index (χ1) is 5.59. The van der Waals surface area contributed by atoms with Gasteiger partial charge in [-0.3, -0.25) is 0 Å². The molecule has 12 heavy (non-hydrogen) atoms. The van der Waals surface area contributed by atoms with Crippen LogP contribution in [0.25, 0.3) is 0 Å². The molecule has 0 unspecified atom stereocenters. The second-order valence-corrected chi connectivity index (χ2v) is 3.73. The lowest BCUT2D eigenvalue weighted by atomic mass is 10.0. The first-order valence-electron chi connectivity index (χ1n) is 4.00. The van der Waals surface area contributed by atoms with Crippen LogP contribution in [0.3, 0.4) is 0 Å². The summed E-state index contributed by atoms with van der Waals surface area (Å²) in [6.45, 7) is 4.31. The van der Waals surface area contributed by atoms with Crippen LogP contribution in [0.5, 0.6) is 0 Å². The van der Waals surface area contributed by atoms with Crippen molar-refractivity contribution in [3.63, 3.8) is 0 Å². The van der Waals surface area contributed by atoms with E-state index in [0.717, 1.165) is 11.2 Å². The quantitative estimate of drug-likeness (QED) is 0.563. The molecule has 0 aromatic carbocycles. The lowest BCUT2D eigenvalue weighted by Crippen LogP contribution is -1.98. The Bertz CT molecular complexity index is 317. The normalized spacial score (nSPS) is 10.6. The molecule has 0 radical (unpaired) electrons. The number of aromatic nitrogens is 1. The molecule has 3 heteroatoms. The number of hydrogen-bond donors (Lipinski definition) is 1. The highest BCUT2D eigenvalue weighted by atomic mass is 32.1. The molecule has 1 aromatic rings. The van der Waals surface area contributed by atoms with Crippen LogP contribution in [0.4, 0.5) is 0 Å². The zero-order valence-corrected chi connectivity index (χ0v) is 8.14. The second kappa shape index (κ2) is 3.72. The van der Waals surface area contributed by atoms with Gasteiger partial charge in [0.15, 0.2) is 0 Å². The van der Waals surface area contributed by atoms with Gasteiger partial charge in [-0.25, -0.2) is 0 Å². The maximum Gasteiger partial charge on any atom is 0.142 e. The van der Waals surface area contributed by atoms with Crippen LogP contribution >= 0.6 is 12.2 Å². The molecule has 0 bridgehead atoms. The molecule has 0 aliphatic heterocycles. The Balaban J connectivity index is 2.90. The summed E-state index contributed by atoms with van der Waals surface area (Å²) < 4.78 is 1.42. The minimum Gasteiger partial charge on any atom is -0.428 e. The van der Waals surface area contributed by atoms with Crippen molar-refractivity contribution in [3.8, 4) is 0 Å². The molecule has 1 aromatic heterocycles. The van der Waals surface area contributed by atoms with Gasteiger partial charge in [0.1, 0.15) is 4.64 Å². The zero-order valence-electron chi connectivity index (χ0n) is 7.32. The monoisotopic (exact) mass is 183 g/mol. The predicted octanol–water partition coefficient (Wildman–Crippen LogP) is 2.65. The van der Waals surface area contributed by atoms with Crippen molar-refractivity contribution in [1.29, 1.82) is 0 Å². The molecule has 0 saturated carbocycles. The minimum absolute atomic E-state index is 0.466. The van der Waals surface area contributed by atoms with Crippen LogP contribution in [0.2, 0.25) is 0 Å². The summed E-state index contributed by atoms with van der Waals surface area (Å²) in [5, 5.41) is 9.09. The highest BCUT2D eigenvalue weighted by Gasteiger charge is 1.97. The summed E-state index contributed by atoms with van der Waals surface area (Å²) >= 11 is 4.91. The first kappa shape index (κ1) is 9.26. The smallest absolute Gasteiger partial charge is 0.142 e. The van der Waals surface area contributed by atoms with Gasteiger partial charge >= 0.3 is 0 Å². The Kier molecular flexibility index (Phi) is 2.87. The highest BCUT2D eigenvalue weighted by molar-refractivity contribution is 7.71. The van der Waals surface area contributed by atoms with Gasteiger partial charge in [-0.2, -0.15) is 4.73 Å². The lowest BCUT2D eigenvalue weighted by molar-refractivity contribution is 0.180. The van der Waals surface area contributed by atoms with Crippen LogP contribution in [0.15, 0.2) is 18.3 Å². The van der Waals surface area contributed by atoms with Gasteiger partial charge in [-0.05, 0) is 30.0 Å². The molecule has 0 saturated heterocycles. The maximum atomic E-state index is 9.09. The maximum absolute atomic E-state index is 9.09. The van der Waals surface area contributed by atoms with Crippen molar-refractivity contribution in [1.82, 2.24) is 4.73 Å². The molecule has 1 heterocycles. The Morgan fingerprint density at radius 2 is 2.25 bits per heavy atom. The van der Waals surface area contributed by atoms with Gasteiger partial charge in [0, 0.05) is 6.20 Å². The zero-order chi connectivity index (χ0) is 9.14. The van der Waals surface area contributed by atoms with Crippen molar-refractivity contribution in [2.24, 2.45) is 5.92 Å². The highest BCUT2D eigenvalue weighted by Crippen LogP contribution is 2.07. The summed E-state index contributed by atoms with van der Waals surface area (Å²) in [6.07, 6.45) is 2.59. The largest absolute Gasteiger partial charge is 0.428 e. The second-order valence-electron chi connectivity index (χ2n) is 3.32. The van der Waals surface area contributed by atoms with E-state index in [0.29, 0.717) is 10.6 Å². The van der Waals surface area contributed by atoms with Crippen LogP contribution in [0.1, 0.15) is 19.4 Å². The summed E-state index contributed by atoms with van der Waals surface area (Å²) in [5.41, 5.74) is 1.18. The van der Waals surface area contributed by atoms with E-state index in [-0.39, 0.29) is 0 Å². The molecular weight excluding hydrogens is 170 g/mol. The van der Waals surface area contributed by atoms with Crippen molar-refractivity contribution < 1.29 is 5.21 Å². The molecule has 0 aliphatic rings. The average molecular weight is 183 g/mol. The molecular formula is C9H13NOS. The first-order valence-corrected chi connectivity index (χ1v) is 4.41. The van der Waals surface area contributed by atoms with Crippen molar-refractivity contribution >= 4 is 12.2 Å². The SMILES string of the molecule is CC(C)Cc1ccn(O)c(=S)c1. The fraction of sp³-hybridized carbons (Fsp3) is 0.444. The van der Waals surface area contributed by atoms with Crippen molar-refractivity contribution in [2.75, 3.05) is 0 Å². The average Bonchev–Trinajstić information content (AvgIpc) is 1.96. The molecule has 0 aliphatic carbocycles. The third-order valence-electron chi connectivity index (χ3n) is 1.61. The molecule has 66 valence electrons. The van der Waals surface area contributed by atoms with E-state index >= 15 is 0 Å². The molecule has 0 fully saturated rings. The molecule has 2 nitrogen and oxygen atoms in total. The third-order valence-corrected chi connectivity index (χ3v) is 1.91. The van der Waals surface area contributed by atoms with Crippen LogP contribution in [-0.2, 0) is 6.42 Å². The van der Waals surface area contributed by atoms with Gasteiger partial charge in [-0.1, -0.05) is 26.1 Å². The van der Waals surface area contributed by atoms with Gasteiger partial charge in [0.05, 0.1) is 0 Å². The summed E-state index contributed by atoms with van der Waals surface area (Å²) in [4.78, 5) is 0. The van der Waals surface area contributed by atoms with E-state index in [4.69, 9.17) is 17.4 Å². The Morgan fingerprint density at radius 1 is 1.58 bits per heavy atom.